The number of hydrogen-bond acceptors (Lipinski definition) is 2. The number of benzene rings is 2. The number of amides is 2. The summed E-state index contributed by atoms with van der Waals surface area (Å²) in [6.07, 6.45) is 3.62. The molecule has 4 rings (SSSR count). The highest BCUT2D eigenvalue weighted by Crippen LogP contribution is 2.39. The van der Waals surface area contributed by atoms with Crippen molar-refractivity contribution in [2.24, 2.45) is 5.41 Å². The lowest BCUT2D eigenvalue weighted by atomic mass is 9.73. The zero-order valence-electron chi connectivity index (χ0n) is 16.6. The Balaban J connectivity index is 1.53. The molecule has 4 heteroatoms. The summed E-state index contributed by atoms with van der Waals surface area (Å²) in [5, 5.41) is 0. The third-order valence-electron chi connectivity index (χ3n) is 6.30. The Morgan fingerprint density at radius 3 is 2.57 bits per heavy atom. The molecule has 2 aromatic carbocycles. The van der Waals surface area contributed by atoms with Crippen LogP contribution in [-0.2, 0) is 4.79 Å². The van der Waals surface area contributed by atoms with Crippen molar-refractivity contribution in [3.63, 3.8) is 0 Å². The predicted molar refractivity (Wildman–Crippen MR) is 111 cm³/mol. The van der Waals surface area contributed by atoms with Crippen LogP contribution in [0.25, 0.3) is 11.1 Å². The number of carbonyl (C=O) groups is 2. The maximum atomic E-state index is 13.3. The van der Waals surface area contributed by atoms with Gasteiger partial charge in [0.1, 0.15) is 0 Å². The molecule has 2 fully saturated rings. The minimum absolute atomic E-state index is 0.0644. The molecule has 2 aromatic rings. The highest BCUT2D eigenvalue weighted by molar-refractivity contribution is 5.95. The second kappa shape index (κ2) is 7.78. The highest BCUT2D eigenvalue weighted by atomic mass is 16.2. The molecule has 28 heavy (non-hydrogen) atoms. The minimum Gasteiger partial charge on any atom is -0.342 e. The summed E-state index contributed by atoms with van der Waals surface area (Å²) in [5.41, 5.74) is 3.00. The van der Waals surface area contributed by atoms with Crippen LogP contribution in [0.1, 0.15) is 43.0 Å². The molecule has 0 N–H and O–H groups in total. The second-order valence-corrected chi connectivity index (χ2v) is 8.19. The number of hydrogen-bond donors (Lipinski definition) is 0. The van der Waals surface area contributed by atoms with Gasteiger partial charge >= 0.3 is 0 Å². The number of nitrogens with zero attached hydrogens (tertiary/aromatic N) is 2. The molecule has 2 aliphatic rings. The topological polar surface area (TPSA) is 40.6 Å². The highest BCUT2D eigenvalue weighted by Gasteiger charge is 2.42. The molecule has 0 saturated carbocycles. The molecule has 0 aliphatic carbocycles. The second-order valence-electron chi connectivity index (χ2n) is 8.19. The maximum absolute atomic E-state index is 13.3. The Morgan fingerprint density at radius 1 is 1.00 bits per heavy atom. The summed E-state index contributed by atoms with van der Waals surface area (Å²) in [4.78, 5) is 29.4. The fourth-order valence-electron chi connectivity index (χ4n) is 4.75. The van der Waals surface area contributed by atoms with Gasteiger partial charge in [-0.15, -0.1) is 0 Å². The summed E-state index contributed by atoms with van der Waals surface area (Å²) in [6.45, 7) is 5.14. The van der Waals surface area contributed by atoms with Crippen molar-refractivity contribution < 1.29 is 9.59 Å². The van der Waals surface area contributed by atoms with Gasteiger partial charge in [-0.2, -0.15) is 0 Å². The predicted octanol–water partition coefficient (Wildman–Crippen LogP) is 4.22. The van der Waals surface area contributed by atoms with Crippen LogP contribution >= 0.6 is 0 Å². The number of piperidine rings is 2. The fourth-order valence-corrected chi connectivity index (χ4v) is 4.75. The first-order valence-corrected chi connectivity index (χ1v) is 10.3. The van der Waals surface area contributed by atoms with E-state index in [9.17, 15) is 9.59 Å². The molecule has 1 spiro atoms. The quantitative estimate of drug-likeness (QED) is 0.805. The zero-order chi connectivity index (χ0) is 19.6. The molecule has 0 bridgehead atoms. The first-order valence-electron chi connectivity index (χ1n) is 10.3. The monoisotopic (exact) mass is 376 g/mol. The van der Waals surface area contributed by atoms with Crippen molar-refractivity contribution in [3.05, 3.63) is 60.2 Å². The zero-order valence-corrected chi connectivity index (χ0v) is 16.6. The van der Waals surface area contributed by atoms with Crippen molar-refractivity contribution in [2.75, 3.05) is 26.2 Å². The lowest BCUT2D eigenvalue weighted by Crippen LogP contribution is -2.55. The van der Waals surface area contributed by atoms with Crippen LogP contribution in [0.15, 0.2) is 54.6 Å². The van der Waals surface area contributed by atoms with E-state index in [-0.39, 0.29) is 17.2 Å². The average molecular weight is 377 g/mol. The molecule has 2 heterocycles. The van der Waals surface area contributed by atoms with Crippen LogP contribution < -0.4 is 0 Å². The molecule has 4 nitrogen and oxygen atoms in total. The van der Waals surface area contributed by atoms with Crippen LogP contribution in [0, 0.1) is 5.41 Å². The van der Waals surface area contributed by atoms with Crippen LogP contribution in [0.5, 0.6) is 0 Å². The van der Waals surface area contributed by atoms with E-state index >= 15 is 0 Å². The van der Waals surface area contributed by atoms with E-state index in [0.29, 0.717) is 6.42 Å². The molecule has 0 aromatic heterocycles. The molecule has 2 amide bonds. The van der Waals surface area contributed by atoms with Gasteiger partial charge in [0.05, 0.1) is 0 Å². The van der Waals surface area contributed by atoms with Crippen LogP contribution in [0.2, 0.25) is 0 Å². The summed E-state index contributed by atoms with van der Waals surface area (Å²) in [5.74, 6) is 0.365. The minimum atomic E-state index is 0.0644. The van der Waals surface area contributed by atoms with Gasteiger partial charge in [0.15, 0.2) is 0 Å². The van der Waals surface area contributed by atoms with Crippen LogP contribution in [0.3, 0.4) is 0 Å². The standard InChI is InChI=1S/C24H28N2O2/c1-2-25-17-24(14-12-22(25)27)13-7-15-26(18-24)23(28)21-11-6-10-20(16-21)19-8-4-3-5-9-19/h3-6,8-11,16H,2,7,12-15,17-18H2,1H3/t24-/m0/s1. The molecular formula is C24H28N2O2. The fraction of sp³-hybridized carbons (Fsp3) is 0.417. The average Bonchev–Trinajstić information content (AvgIpc) is 2.76. The van der Waals surface area contributed by atoms with Gasteiger partial charge in [-0.3, -0.25) is 9.59 Å². The van der Waals surface area contributed by atoms with Crippen molar-refractivity contribution in [3.8, 4) is 11.1 Å². The molecule has 2 saturated heterocycles. The van der Waals surface area contributed by atoms with Gasteiger partial charge in [-0.1, -0.05) is 42.5 Å². The lowest BCUT2D eigenvalue weighted by Gasteiger charge is -2.48. The Bertz CT molecular complexity index is 864. The molecule has 2 aliphatic heterocycles. The van der Waals surface area contributed by atoms with Crippen molar-refractivity contribution >= 4 is 11.8 Å². The van der Waals surface area contributed by atoms with Crippen molar-refractivity contribution in [1.29, 1.82) is 0 Å². The number of carbonyl (C=O) groups excluding carboxylic acids is 2. The smallest absolute Gasteiger partial charge is 0.253 e. The van der Waals surface area contributed by atoms with E-state index in [1.807, 2.05) is 53.1 Å². The first-order chi connectivity index (χ1) is 13.6. The van der Waals surface area contributed by atoms with Crippen molar-refractivity contribution in [1.82, 2.24) is 9.80 Å². The summed E-state index contributed by atoms with van der Waals surface area (Å²) in [6, 6.07) is 18.1. The first kappa shape index (κ1) is 18.7. The van der Waals surface area contributed by atoms with Crippen molar-refractivity contribution in [2.45, 2.75) is 32.6 Å². The lowest BCUT2D eigenvalue weighted by molar-refractivity contribution is -0.138. The summed E-state index contributed by atoms with van der Waals surface area (Å²) < 4.78 is 0. The molecule has 0 unspecified atom stereocenters. The van der Waals surface area contributed by atoms with Gasteiger partial charge in [0.2, 0.25) is 5.91 Å². The third kappa shape index (κ3) is 3.68. The maximum Gasteiger partial charge on any atom is 0.253 e. The number of rotatable bonds is 3. The van der Waals surface area contributed by atoms with Crippen LogP contribution in [0.4, 0.5) is 0 Å². The third-order valence-corrected chi connectivity index (χ3v) is 6.30. The Labute approximate surface area is 167 Å². The largest absolute Gasteiger partial charge is 0.342 e. The summed E-state index contributed by atoms with van der Waals surface area (Å²) in [7, 11) is 0. The van der Waals surface area contributed by atoms with Gasteiger partial charge in [-0.25, -0.2) is 0 Å². The Kier molecular flexibility index (Phi) is 5.21. The molecular weight excluding hydrogens is 348 g/mol. The van der Waals surface area contributed by atoms with E-state index in [2.05, 4.69) is 18.2 Å². The normalized spacial score (nSPS) is 22.5. The van der Waals surface area contributed by atoms with E-state index in [1.165, 1.54) is 0 Å². The van der Waals surface area contributed by atoms with Gasteiger partial charge in [0.25, 0.3) is 5.91 Å². The van der Waals surface area contributed by atoms with Gasteiger partial charge in [-0.05, 0) is 49.4 Å². The van der Waals surface area contributed by atoms with E-state index in [1.54, 1.807) is 0 Å². The SMILES string of the molecule is CCN1C[C@]2(CCCN(C(=O)c3cccc(-c4ccccc4)c3)C2)CCC1=O. The van der Waals surface area contributed by atoms with Crippen LogP contribution in [-0.4, -0.2) is 47.8 Å². The molecule has 0 radical (unpaired) electrons. The number of likely N-dealkylation sites (tertiary alicyclic amines) is 2. The van der Waals surface area contributed by atoms with E-state index in [4.69, 9.17) is 0 Å². The summed E-state index contributed by atoms with van der Waals surface area (Å²) >= 11 is 0. The van der Waals surface area contributed by atoms with E-state index in [0.717, 1.165) is 62.1 Å². The van der Waals surface area contributed by atoms with Gasteiger partial charge in [0, 0.05) is 43.6 Å². The van der Waals surface area contributed by atoms with Gasteiger partial charge < -0.3 is 9.80 Å². The van der Waals surface area contributed by atoms with E-state index < -0.39 is 0 Å². The Morgan fingerprint density at radius 2 is 1.79 bits per heavy atom. The molecule has 146 valence electrons. The Hall–Kier alpha value is -2.62. The molecule has 1 atom stereocenters.